The molecule has 13 heavy (non-hydrogen) atoms. The molecule has 0 spiro atoms. The van der Waals surface area contributed by atoms with Crippen LogP contribution in [0.15, 0.2) is 0 Å². The quantitative estimate of drug-likeness (QED) is 0.346. The Hall–Kier alpha value is -1.37. The van der Waals surface area contributed by atoms with Crippen molar-refractivity contribution in [2.75, 3.05) is 20.4 Å². The smallest absolute Gasteiger partial charge is 0.336 e. The van der Waals surface area contributed by atoms with E-state index in [1.165, 1.54) is 0 Å². The number of methoxy groups -OCH3 is 2. The third-order valence-corrected chi connectivity index (χ3v) is 3.44. The lowest BCUT2D eigenvalue weighted by Gasteiger charge is -2.08. The molecule has 0 aliphatic heterocycles. The van der Waals surface area contributed by atoms with Gasteiger partial charge in [-0.1, -0.05) is 0 Å². The average Bonchev–Trinajstić information content (AvgIpc) is 2.17. The van der Waals surface area contributed by atoms with Crippen LogP contribution in [0.4, 0.5) is 9.59 Å². The van der Waals surface area contributed by atoms with E-state index in [2.05, 4.69) is 14.2 Å². The van der Waals surface area contributed by atoms with E-state index >= 15 is 0 Å². The molecule has 0 bridgehead atoms. The minimum Gasteiger partial charge on any atom is -0.473 e. The van der Waals surface area contributed by atoms with Gasteiger partial charge in [0.15, 0.2) is 0 Å². The zero-order chi connectivity index (χ0) is 10.3. The van der Waals surface area contributed by atoms with Crippen LogP contribution in [-0.2, 0) is 19.0 Å². The largest absolute Gasteiger partial charge is 0.473 e. The molecular weight excluding hydrogens is 196 g/mol. The van der Waals surface area contributed by atoms with Crippen LogP contribution in [0.2, 0.25) is 0 Å². The molecule has 0 N–H and O–H groups in total. The van der Waals surface area contributed by atoms with Gasteiger partial charge in [-0.3, -0.25) is 14.4 Å². The molecule has 0 aromatic carbocycles. The lowest BCUT2D eigenvalue weighted by Crippen LogP contribution is -2.40. The standard InChI is InChI=1S/C6H10O6Si/c1-10-5(8)13(4-12-3-7)6(9)11-2/h3,13H,4H2,1-2H3. The van der Waals surface area contributed by atoms with Crippen molar-refractivity contribution in [3.05, 3.63) is 0 Å². The summed E-state index contributed by atoms with van der Waals surface area (Å²) >= 11 is 0. The Balaban J connectivity index is 4.26. The molecule has 0 rings (SSSR count). The lowest BCUT2D eigenvalue weighted by atomic mass is 11.4. The SMILES string of the molecule is COC(=O)[SiH](COC=O)C(=O)OC. The fourth-order valence-corrected chi connectivity index (χ4v) is 1.96. The highest BCUT2D eigenvalue weighted by atomic mass is 28.3. The van der Waals surface area contributed by atoms with Crippen molar-refractivity contribution >= 4 is 26.5 Å². The molecule has 74 valence electrons. The first-order chi connectivity index (χ1) is 6.17. The van der Waals surface area contributed by atoms with Gasteiger partial charge in [-0.2, -0.15) is 0 Å². The van der Waals surface area contributed by atoms with Crippen LogP contribution in [-0.4, -0.2) is 46.9 Å². The Bertz CT molecular complexity index is 187. The van der Waals surface area contributed by atoms with Crippen LogP contribution >= 0.6 is 0 Å². The number of carbonyl (C=O) groups is 3. The summed E-state index contributed by atoms with van der Waals surface area (Å²) in [5.74, 6) is 0. The van der Waals surface area contributed by atoms with Gasteiger partial charge in [-0.15, -0.1) is 0 Å². The van der Waals surface area contributed by atoms with Crippen LogP contribution in [0.25, 0.3) is 0 Å². The van der Waals surface area contributed by atoms with E-state index in [9.17, 15) is 14.4 Å². The van der Waals surface area contributed by atoms with Gasteiger partial charge in [-0.25, -0.2) is 0 Å². The van der Waals surface area contributed by atoms with Crippen LogP contribution in [0.3, 0.4) is 0 Å². The minimum absolute atomic E-state index is 0.173. The van der Waals surface area contributed by atoms with Crippen molar-refractivity contribution in [2.24, 2.45) is 0 Å². The van der Waals surface area contributed by atoms with Crippen molar-refractivity contribution < 1.29 is 28.6 Å². The second-order valence-corrected chi connectivity index (χ2v) is 4.41. The first-order valence-corrected chi connectivity index (χ1v) is 5.35. The van der Waals surface area contributed by atoms with Crippen molar-refractivity contribution in [2.45, 2.75) is 0 Å². The molecule has 7 heteroatoms. The average molecular weight is 206 g/mol. The Morgan fingerprint density at radius 3 is 2.00 bits per heavy atom. The summed E-state index contributed by atoms with van der Waals surface area (Å²) in [6.45, 7) is 0.173. The predicted molar refractivity (Wildman–Crippen MR) is 44.0 cm³/mol. The summed E-state index contributed by atoms with van der Waals surface area (Å²) in [6.07, 6.45) is -0.233. The summed E-state index contributed by atoms with van der Waals surface area (Å²) < 4.78 is 13.0. The summed E-state index contributed by atoms with van der Waals surface area (Å²) in [6, 6.07) is 0. The Morgan fingerprint density at radius 1 is 1.23 bits per heavy atom. The molecule has 0 heterocycles. The molecule has 0 amide bonds. The molecule has 0 aliphatic carbocycles. The van der Waals surface area contributed by atoms with E-state index in [0.717, 1.165) is 14.2 Å². The molecule has 6 nitrogen and oxygen atoms in total. The first-order valence-electron chi connectivity index (χ1n) is 3.38. The van der Waals surface area contributed by atoms with Crippen molar-refractivity contribution in [3.63, 3.8) is 0 Å². The molecule has 0 aliphatic rings. The van der Waals surface area contributed by atoms with Gasteiger partial charge in [-0.05, 0) is 0 Å². The highest BCUT2D eigenvalue weighted by Gasteiger charge is 2.32. The second kappa shape index (κ2) is 6.18. The molecule has 0 fully saturated rings. The van der Waals surface area contributed by atoms with Crippen LogP contribution in [0.5, 0.6) is 0 Å². The van der Waals surface area contributed by atoms with Crippen molar-refractivity contribution in [3.8, 4) is 0 Å². The van der Waals surface area contributed by atoms with E-state index in [1.807, 2.05) is 0 Å². The normalized spacial score (nSPS) is 9.15. The van der Waals surface area contributed by atoms with E-state index in [4.69, 9.17) is 0 Å². The van der Waals surface area contributed by atoms with E-state index in [0.29, 0.717) is 0 Å². The van der Waals surface area contributed by atoms with Gasteiger partial charge in [0.05, 0.1) is 14.2 Å². The number of hydrogen-bond donors (Lipinski definition) is 0. The number of carbonyl (C=O) groups excluding carboxylic acids is 3. The third kappa shape index (κ3) is 3.70. The van der Waals surface area contributed by atoms with Gasteiger partial charge in [0, 0.05) is 0 Å². The van der Waals surface area contributed by atoms with Crippen LogP contribution in [0, 0.1) is 0 Å². The molecule has 0 saturated heterocycles. The van der Waals surface area contributed by atoms with Crippen LogP contribution < -0.4 is 0 Å². The summed E-state index contributed by atoms with van der Waals surface area (Å²) in [7, 11) is -0.298. The maximum absolute atomic E-state index is 11.0. The summed E-state index contributed by atoms with van der Waals surface area (Å²) in [5, 5.41) is 0. The zero-order valence-electron chi connectivity index (χ0n) is 7.31. The predicted octanol–water partition coefficient (Wildman–Crippen LogP) is -0.378. The Kier molecular flexibility index (Phi) is 5.52. The van der Waals surface area contributed by atoms with E-state index in [-0.39, 0.29) is 12.7 Å². The fourth-order valence-electron chi connectivity index (χ4n) is 0.652. The van der Waals surface area contributed by atoms with E-state index in [1.54, 1.807) is 0 Å². The van der Waals surface area contributed by atoms with Gasteiger partial charge in [0.1, 0.15) is 6.23 Å². The number of rotatable bonds is 5. The zero-order valence-corrected chi connectivity index (χ0v) is 8.47. The van der Waals surface area contributed by atoms with Gasteiger partial charge >= 0.3 is 8.80 Å². The summed E-state index contributed by atoms with van der Waals surface area (Å²) in [4.78, 5) is 31.7. The van der Waals surface area contributed by atoms with Crippen LogP contribution in [0.1, 0.15) is 0 Å². The monoisotopic (exact) mass is 206 g/mol. The highest BCUT2D eigenvalue weighted by molar-refractivity contribution is 7.09. The third-order valence-electron chi connectivity index (χ3n) is 1.30. The molecule has 0 saturated carbocycles. The summed E-state index contributed by atoms with van der Waals surface area (Å²) in [5.41, 5.74) is -1.32. The maximum atomic E-state index is 11.0. The number of hydrogen-bond acceptors (Lipinski definition) is 6. The minimum atomic E-state index is -2.62. The molecule has 0 aromatic rings. The molecule has 0 atom stereocenters. The van der Waals surface area contributed by atoms with Crippen molar-refractivity contribution in [1.82, 2.24) is 0 Å². The topological polar surface area (TPSA) is 78.9 Å². The van der Waals surface area contributed by atoms with Gasteiger partial charge in [0.2, 0.25) is 0 Å². The fraction of sp³-hybridized carbons (Fsp3) is 0.500. The van der Waals surface area contributed by atoms with Crippen molar-refractivity contribution in [1.29, 1.82) is 0 Å². The van der Waals surface area contributed by atoms with Gasteiger partial charge < -0.3 is 14.2 Å². The second-order valence-electron chi connectivity index (χ2n) is 2.03. The molecule has 0 aromatic heterocycles. The maximum Gasteiger partial charge on any atom is 0.336 e. The van der Waals surface area contributed by atoms with Gasteiger partial charge in [0.25, 0.3) is 17.7 Å². The lowest BCUT2D eigenvalue weighted by molar-refractivity contribution is -0.126. The molecule has 0 unspecified atom stereocenters. The molecule has 0 radical (unpaired) electrons. The van der Waals surface area contributed by atoms with E-state index < -0.39 is 20.0 Å². The molecular formula is C6H10O6Si. The number of ether oxygens (including phenoxy) is 3. The first kappa shape index (κ1) is 11.6. The Labute approximate surface area is 76.4 Å². The highest BCUT2D eigenvalue weighted by Crippen LogP contribution is 1.94. The Morgan fingerprint density at radius 2 is 1.69 bits per heavy atom.